The van der Waals surface area contributed by atoms with Gasteiger partial charge in [-0.3, -0.25) is 0 Å². The summed E-state index contributed by atoms with van der Waals surface area (Å²) in [6.07, 6.45) is 12.5. The highest BCUT2D eigenvalue weighted by molar-refractivity contribution is 5.13. The van der Waals surface area contributed by atoms with Crippen molar-refractivity contribution < 1.29 is 4.74 Å². The second-order valence-corrected chi connectivity index (χ2v) is 7.22. The van der Waals surface area contributed by atoms with Gasteiger partial charge in [-0.15, -0.1) is 0 Å². The Morgan fingerprint density at radius 2 is 1.50 bits per heavy atom. The van der Waals surface area contributed by atoms with Crippen LogP contribution in [0.15, 0.2) is 30.3 Å². The van der Waals surface area contributed by atoms with E-state index in [1.165, 1.54) is 63.4 Å². The number of ether oxygens (including phenoxy) is 1. The van der Waals surface area contributed by atoms with Crippen LogP contribution in [0.5, 0.6) is 0 Å². The van der Waals surface area contributed by atoms with Crippen molar-refractivity contribution in [3.05, 3.63) is 35.9 Å². The predicted molar refractivity (Wildman–Crippen MR) is 91.9 cm³/mol. The smallest absolute Gasteiger partial charge is 0.0717 e. The maximum absolute atomic E-state index is 5.92. The molecule has 1 aromatic rings. The first-order valence-electron chi connectivity index (χ1n) is 9.28. The van der Waals surface area contributed by atoms with Gasteiger partial charge in [-0.1, -0.05) is 49.6 Å². The first-order chi connectivity index (χ1) is 10.9. The first-order valence-corrected chi connectivity index (χ1v) is 9.28. The SMILES string of the molecule is c1ccc(COC[C@H]2CC[C@H](NC3CCCCC3)CC2)cc1. The van der Waals surface area contributed by atoms with Crippen molar-refractivity contribution in [2.75, 3.05) is 6.61 Å². The van der Waals surface area contributed by atoms with Crippen LogP contribution in [0.1, 0.15) is 63.4 Å². The zero-order chi connectivity index (χ0) is 15.0. The standard InChI is InChI=1S/C20H31NO/c1-3-7-17(8-4-1)15-22-16-18-11-13-20(14-12-18)21-19-9-5-2-6-10-19/h1,3-4,7-8,18-21H,2,5-6,9-16H2/t18-,20-. The highest BCUT2D eigenvalue weighted by atomic mass is 16.5. The van der Waals surface area contributed by atoms with Crippen LogP contribution in [0.2, 0.25) is 0 Å². The third-order valence-electron chi connectivity index (χ3n) is 5.39. The lowest BCUT2D eigenvalue weighted by molar-refractivity contribution is 0.0688. The maximum Gasteiger partial charge on any atom is 0.0717 e. The molecule has 22 heavy (non-hydrogen) atoms. The second kappa shape index (κ2) is 8.69. The summed E-state index contributed by atoms with van der Waals surface area (Å²) in [5.74, 6) is 0.771. The summed E-state index contributed by atoms with van der Waals surface area (Å²) in [6.45, 7) is 1.70. The largest absolute Gasteiger partial charge is 0.376 e. The summed E-state index contributed by atoms with van der Waals surface area (Å²) < 4.78 is 5.92. The molecule has 0 radical (unpaired) electrons. The van der Waals surface area contributed by atoms with Gasteiger partial charge < -0.3 is 10.1 Å². The minimum absolute atomic E-state index is 0.765. The van der Waals surface area contributed by atoms with E-state index in [1.54, 1.807) is 0 Å². The molecule has 0 atom stereocenters. The van der Waals surface area contributed by atoms with E-state index in [2.05, 4.69) is 35.6 Å². The lowest BCUT2D eigenvalue weighted by Gasteiger charge is -2.33. The van der Waals surface area contributed by atoms with Gasteiger partial charge in [-0.2, -0.15) is 0 Å². The Labute approximate surface area is 135 Å². The Balaban J connectivity index is 1.30. The van der Waals surface area contributed by atoms with Gasteiger partial charge in [0.25, 0.3) is 0 Å². The summed E-state index contributed by atoms with van der Waals surface area (Å²) in [6, 6.07) is 12.1. The van der Waals surface area contributed by atoms with Gasteiger partial charge in [-0.25, -0.2) is 0 Å². The molecule has 1 aromatic carbocycles. The van der Waals surface area contributed by atoms with Crippen molar-refractivity contribution in [1.82, 2.24) is 5.32 Å². The fourth-order valence-electron chi connectivity index (χ4n) is 4.02. The molecule has 0 unspecified atom stereocenters. The monoisotopic (exact) mass is 301 g/mol. The fourth-order valence-corrected chi connectivity index (χ4v) is 4.02. The predicted octanol–water partition coefficient (Wildman–Crippen LogP) is 4.68. The van der Waals surface area contributed by atoms with Crippen LogP contribution < -0.4 is 5.32 Å². The highest BCUT2D eigenvalue weighted by Crippen LogP contribution is 2.27. The molecule has 2 saturated carbocycles. The van der Waals surface area contributed by atoms with Crippen LogP contribution in [0.4, 0.5) is 0 Å². The molecule has 2 aliphatic rings. The molecule has 2 aliphatic carbocycles. The lowest BCUT2D eigenvalue weighted by Crippen LogP contribution is -2.41. The van der Waals surface area contributed by atoms with E-state index in [4.69, 9.17) is 4.74 Å². The van der Waals surface area contributed by atoms with Crippen molar-refractivity contribution in [2.45, 2.75) is 76.5 Å². The van der Waals surface area contributed by atoms with E-state index < -0.39 is 0 Å². The highest BCUT2D eigenvalue weighted by Gasteiger charge is 2.24. The van der Waals surface area contributed by atoms with Crippen LogP contribution in [0.3, 0.4) is 0 Å². The van der Waals surface area contributed by atoms with E-state index in [1.807, 2.05) is 0 Å². The fraction of sp³-hybridized carbons (Fsp3) is 0.700. The van der Waals surface area contributed by atoms with Gasteiger partial charge in [0.1, 0.15) is 0 Å². The Morgan fingerprint density at radius 3 is 2.23 bits per heavy atom. The van der Waals surface area contributed by atoms with Crippen molar-refractivity contribution >= 4 is 0 Å². The topological polar surface area (TPSA) is 21.3 Å². The normalized spacial score (nSPS) is 26.9. The van der Waals surface area contributed by atoms with Crippen molar-refractivity contribution in [3.8, 4) is 0 Å². The van der Waals surface area contributed by atoms with Crippen LogP contribution in [-0.2, 0) is 11.3 Å². The molecule has 1 N–H and O–H groups in total. The molecule has 0 spiro atoms. The van der Waals surface area contributed by atoms with E-state index in [9.17, 15) is 0 Å². The van der Waals surface area contributed by atoms with Crippen molar-refractivity contribution in [2.24, 2.45) is 5.92 Å². The van der Waals surface area contributed by atoms with E-state index in [0.717, 1.165) is 31.2 Å². The van der Waals surface area contributed by atoms with Gasteiger partial charge in [0.2, 0.25) is 0 Å². The molecule has 0 amide bonds. The van der Waals surface area contributed by atoms with Gasteiger partial charge in [0.15, 0.2) is 0 Å². The van der Waals surface area contributed by atoms with E-state index >= 15 is 0 Å². The van der Waals surface area contributed by atoms with E-state index in [0.29, 0.717) is 0 Å². The quantitative estimate of drug-likeness (QED) is 0.823. The van der Waals surface area contributed by atoms with Gasteiger partial charge >= 0.3 is 0 Å². The number of rotatable bonds is 6. The summed E-state index contributed by atoms with van der Waals surface area (Å²) in [4.78, 5) is 0. The summed E-state index contributed by atoms with van der Waals surface area (Å²) >= 11 is 0. The van der Waals surface area contributed by atoms with E-state index in [-0.39, 0.29) is 0 Å². The molecular weight excluding hydrogens is 270 g/mol. The van der Waals surface area contributed by atoms with Gasteiger partial charge in [0, 0.05) is 18.7 Å². The minimum Gasteiger partial charge on any atom is -0.376 e. The second-order valence-electron chi connectivity index (χ2n) is 7.22. The molecule has 2 fully saturated rings. The lowest BCUT2D eigenvalue weighted by atomic mass is 9.85. The molecule has 2 heteroatoms. The van der Waals surface area contributed by atoms with Gasteiger partial charge in [0.05, 0.1) is 6.61 Å². The zero-order valence-electron chi connectivity index (χ0n) is 13.8. The van der Waals surface area contributed by atoms with Crippen LogP contribution >= 0.6 is 0 Å². The third kappa shape index (κ3) is 5.10. The summed E-state index contributed by atoms with van der Waals surface area (Å²) in [5, 5.41) is 3.92. The molecule has 0 heterocycles. The Kier molecular flexibility index (Phi) is 6.32. The zero-order valence-corrected chi connectivity index (χ0v) is 13.8. The number of hydrogen-bond acceptors (Lipinski definition) is 2. The first kappa shape index (κ1) is 16.0. The summed E-state index contributed by atoms with van der Waals surface area (Å²) in [5.41, 5.74) is 1.29. The number of nitrogens with one attached hydrogen (secondary N) is 1. The molecule has 0 bridgehead atoms. The molecule has 0 saturated heterocycles. The minimum atomic E-state index is 0.765. The molecule has 0 aromatic heterocycles. The molecule has 122 valence electrons. The molecule has 2 nitrogen and oxygen atoms in total. The maximum atomic E-state index is 5.92. The van der Waals surface area contributed by atoms with Crippen LogP contribution in [-0.4, -0.2) is 18.7 Å². The molecule has 0 aliphatic heterocycles. The molecular formula is C20H31NO. The molecule has 3 rings (SSSR count). The van der Waals surface area contributed by atoms with Gasteiger partial charge in [-0.05, 0) is 50.0 Å². The van der Waals surface area contributed by atoms with Crippen molar-refractivity contribution in [3.63, 3.8) is 0 Å². The average Bonchev–Trinajstić information content (AvgIpc) is 2.58. The number of benzene rings is 1. The Morgan fingerprint density at radius 1 is 0.818 bits per heavy atom. The van der Waals surface area contributed by atoms with Crippen molar-refractivity contribution in [1.29, 1.82) is 0 Å². The Bertz CT molecular complexity index is 405. The van der Waals surface area contributed by atoms with Crippen LogP contribution in [0.25, 0.3) is 0 Å². The average molecular weight is 301 g/mol. The summed E-state index contributed by atoms with van der Waals surface area (Å²) in [7, 11) is 0. The van der Waals surface area contributed by atoms with Crippen LogP contribution in [0, 0.1) is 5.92 Å². The Hall–Kier alpha value is -0.860. The number of hydrogen-bond donors (Lipinski definition) is 1. The third-order valence-corrected chi connectivity index (χ3v) is 5.39.